The highest BCUT2D eigenvalue weighted by molar-refractivity contribution is 6.38. The Kier molecular flexibility index (Phi) is 11.9. The summed E-state index contributed by atoms with van der Waals surface area (Å²) in [6.07, 6.45) is 1.15. The van der Waals surface area contributed by atoms with Crippen molar-refractivity contribution in [3.63, 3.8) is 0 Å². The van der Waals surface area contributed by atoms with E-state index >= 15 is 0 Å². The molecule has 13 nitrogen and oxygen atoms in total. The van der Waals surface area contributed by atoms with Crippen LogP contribution >= 0.6 is 23.2 Å². The lowest BCUT2D eigenvalue weighted by atomic mass is 9.78. The van der Waals surface area contributed by atoms with Crippen molar-refractivity contribution in [2.75, 3.05) is 5.32 Å². The number of nitrogens with zero attached hydrogens (tertiary/aromatic N) is 2. The van der Waals surface area contributed by atoms with Crippen LogP contribution in [0.15, 0.2) is 46.9 Å². The Labute approximate surface area is 305 Å². The van der Waals surface area contributed by atoms with Gasteiger partial charge in [-0.25, -0.2) is 4.79 Å². The van der Waals surface area contributed by atoms with Crippen LogP contribution in [0, 0.1) is 11.8 Å². The summed E-state index contributed by atoms with van der Waals surface area (Å²) < 4.78 is 11.2. The summed E-state index contributed by atoms with van der Waals surface area (Å²) in [5.74, 6) is -1.79. The van der Waals surface area contributed by atoms with Gasteiger partial charge in [-0.1, -0.05) is 99.2 Å². The number of fused-ring (bicyclic) bond motifs is 3. The third-order valence-electron chi connectivity index (χ3n) is 9.57. The molecule has 2 heterocycles. The molecule has 1 aliphatic rings. The number of anilines is 1. The minimum Gasteiger partial charge on any atom is -0.445 e. The SMILES string of the molecule is CCC(C)C(NC(=O)OCc1ccccc1)C(=O)N[C@@]1(C(=O)NC(c2nnc(NC(C)=O)o2)C(C)CC)CCc2[nH]c3c(Cl)cc(Cl)cc3c2C1. The Bertz CT molecular complexity index is 1900. The number of benzene rings is 2. The summed E-state index contributed by atoms with van der Waals surface area (Å²) in [5, 5.41) is 21.0. The van der Waals surface area contributed by atoms with Crippen LogP contribution in [0.4, 0.5) is 10.8 Å². The summed E-state index contributed by atoms with van der Waals surface area (Å²) in [6.45, 7) is 8.98. The number of ether oxygens (including phenoxy) is 1. The Morgan fingerprint density at radius 1 is 1.02 bits per heavy atom. The van der Waals surface area contributed by atoms with Gasteiger partial charge in [0.05, 0.1) is 10.5 Å². The molecule has 15 heteroatoms. The summed E-state index contributed by atoms with van der Waals surface area (Å²) in [4.78, 5) is 57.0. The standard InChI is InChI=1S/C36H43Cl2N7O6/c1-6-19(3)28(42-35(49)50-18-22-11-9-8-10-12-22)31(47)43-36(14-13-27-25(17-36)24-15-23(37)16-26(38)30(24)40-27)33(48)41-29(20(4)7-2)32-44-45-34(51-32)39-21(5)46/h8-12,15-16,19-20,28-29,40H,6-7,13-14,17-18H2,1-5H3,(H,41,48)(H,42,49)(H,43,47)(H,39,45,46)/t19?,20?,28?,29?,36-/m0/s1. The van der Waals surface area contributed by atoms with Gasteiger partial charge < -0.3 is 30.1 Å². The van der Waals surface area contributed by atoms with Gasteiger partial charge in [0.2, 0.25) is 23.6 Å². The lowest BCUT2D eigenvalue weighted by Gasteiger charge is -2.39. The predicted octanol–water partition coefficient (Wildman–Crippen LogP) is 6.40. The van der Waals surface area contributed by atoms with Crippen LogP contribution in [0.3, 0.4) is 0 Å². The highest BCUT2D eigenvalue weighted by Gasteiger charge is 2.47. The van der Waals surface area contributed by atoms with Crippen LogP contribution in [0.25, 0.3) is 10.9 Å². The Balaban J connectivity index is 1.48. The fourth-order valence-corrected chi connectivity index (χ4v) is 6.80. The number of aromatic amines is 1. The molecule has 2 aromatic heterocycles. The number of amides is 4. The van der Waals surface area contributed by atoms with E-state index in [1.54, 1.807) is 12.1 Å². The Morgan fingerprint density at radius 3 is 2.43 bits per heavy atom. The minimum absolute atomic E-state index is 0.0264. The van der Waals surface area contributed by atoms with Crippen molar-refractivity contribution >= 4 is 63.9 Å². The van der Waals surface area contributed by atoms with Crippen molar-refractivity contribution in [1.82, 2.24) is 31.1 Å². The molecule has 0 saturated heterocycles. The number of carbonyl (C=O) groups is 4. The second kappa shape index (κ2) is 16.2. The smallest absolute Gasteiger partial charge is 0.408 e. The van der Waals surface area contributed by atoms with E-state index in [-0.39, 0.29) is 49.1 Å². The number of carbonyl (C=O) groups excluding carboxylic acids is 4. The zero-order valence-corrected chi connectivity index (χ0v) is 30.7. The third-order valence-corrected chi connectivity index (χ3v) is 10.1. The lowest BCUT2D eigenvalue weighted by Crippen LogP contribution is -2.65. The maximum Gasteiger partial charge on any atom is 0.408 e. The minimum atomic E-state index is -1.48. The number of rotatable bonds is 13. The average molecular weight is 741 g/mol. The van der Waals surface area contributed by atoms with Crippen LogP contribution in [-0.4, -0.2) is 50.6 Å². The normalized spacial score (nSPS) is 17.8. The molecule has 0 aliphatic heterocycles. The lowest BCUT2D eigenvalue weighted by molar-refractivity contribution is -0.136. The number of nitrogens with one attached hydrogen (secondary N) is 5. The molecule has 0 radical (unpaired) electrons. The monoisotopic (exact) mass is 739 g/mol. The van der Waals surface area contributed by atoms with Gasteiger partial charge in [0.25, 0.3) is 0 Å². The first-order valence-corrected chi connectivity index (χ1v) is 17.8. The van der Waals surface area contributed by atoms with Gasteiger partial charge in [0.1, 0.15) is 24.2 Å². The molecule has 0 spiro atoms. The summed E-state index contributed by atoms with van der Waals surface area (Å²) in [5.41, 5.74) is 1.66. The summed E-state index contributed by atoms with van der Waals surface area (Å²) in [7, 11) is 0. The number of halogens is 2. The Hall–Kier alpha value is -4.62. The number of hydrogen-bond acceptors (Lipinski definition) is 8. The number of H-pyrrole nitrogens is 1. The van der Waals surface area contributed by atoms with E-state index in [0.29, 0.717) is 34.8 Å². The average Bonchev–Trinajstić information content (AvgIpc) is 3.72. The highest BCUT2D eigenvalue weighted by atomic mass is 35.5. The molecule has 272 valence electrons. The van der Waals surface area contributed by atoms with Crippen LogP contribution < -0.4 is 21.3 Å². The molecule has 5 N–H and O–H groups in total. The second-order valence-electron chi connectivity index (χ2n) is 13.2. The molecule has 0 bridgehead atoms. The van der Waals surface area contributed by atoms with Gasteiger partial charge in [0.15, 0.2) is 0 Å². The molecule has 4 amide bonds. The predicted molar refractivity (Wildman–Crippen MR) is 193 cm³/mol. The molecule has 4 unspecified atom stereocenters. The molecule has 4 aromatic rings. The van der Waals surface area contributed by atoms with Crippen LogP contribution in [-0.2, 0) is 38.6 Å². The van der Waals surface area contributed by atoms with Gasteiger partial charge >= 0.3 is 12.1 Å². The van der Waals surface area contributed by atoms with Crippen molar-refractivity contribution < 1.29 is 28.3 Å². The van der Waals surface area contributed by atoms with Crippen molar-refractivity contribution in [2.24, 2.45) is 11.8 Å². The fourth-order valence-electron chi connectivity index (χ4n) is 6.26. The van der Waals surface area contributed by atoms with E-state index < -0.39 is 35.5 Å². The second-order valence-corrected chi connectivity index (χ2v) is 14.0. The van der Waals surface area contributed by atoms with Gasteiger partial charge in [-0.15, -0.1) is 5.10 Å². The number of aromatic nitrogens is 3. The first-order chi connectivity index (χ1) is 24.3. The molecular formula is C36H43Cl2N7O6. The molecule has 5 atom stereocenters. The van der Waals surface area contributed by atoms with Crippen molar-refractivity contribution in [3.8, 4) is 0 Å². The van der Waals surface area contributed by atoms with Gasteiger partial charge in [0, 0.05) is 29.4 Å². The van der Waals surface area contributed by atoms with Crippen molar-refractivity contribution in [3.05, 3.63) is 75.2 Å². The topological polar surface area (TPSA) is 180 Å². The number of hydrogen-bond donors (Lipinski definition) is 5. The maximum atomic E-state index is 14.7. The Morgan fingerprint density at radius 2 is 1.75 bits per heavy atom. The third kappa shape index (κ3) is 8.65. The molecular weight excluding hydrogens is 697 g/mol. The molecule has 1 aliphatic carbocycles. The van der Waals surface area contributed by atoms with Gasteiger partial charge in [-0.2, -0.15) is 0 Å². The van der Waals surface area contributed by atoms with E-state index in [9.17, 15) is 19.2 Å². The van der Waals surface area contributed by atoms with E-state index in [0.717, 1.165) is 22.2 Å². The zero-order chi connectivity index (χ0) is 36.9. The molecule has 0 saturated carbocycles. The van der Waals surface area contributed by atoms with E-state index in [4.69, 9.17) is 32.4 Å². The molecule has 2 aromatic carbocycles. The van der Waals surface area contributed by atoms with Crippen molar-refractivity contribution in [2.45, 2.75) is 91.0 Å². The first-order valence-electron chi connectivity index (χ1n) is 17.0. The van der Waals surface area contributed by atoms with E-state index in [1.165, 1.54) is 6.92 Å². The first kappa shape index (κ1) is 37.6. The van der Waals surface area contributed by atoms with Crippen LogP contribution in [0.2, 0.25) is 10.0 Å². The summed E-state index contributed by atoms with van der Waals surface area (Å²) >= 11 is 13.0. The zero-order valence-electron chi connectivity index (χ0n) is 29.2. The van der Waals surface area contributed by atoms with E-state index in [1.807, 2.05) is 58.0 Å². The number of aryl methyl sites for hydroxylation is 1. The van der Waals surface area contributed by atoms with Gasteiger partial charge in [-0.3, -0.25) is 19.7 Å². The van der Waals surface area contributed by atoms with Crippen LogP contribution in [0.5, 0.6) is 0 Å². The molecule has 0 fully saturated rings. The van der Waals surface area contributed by atoms with Crippen LogP contribution in [0.1, 0.15) is 82.6 Å². The van der Waals surface area contributed by atoms with Gasteiger partial charge in [-0.05, 0) is 47.9 Å². The number of alkyl carbamates (subject to hydrolysis) is 1. The molecule has 5 rings (SSSR count). The largest absolute Gasteiger partial charge is 0.445 e. The summed E-state index contributed by atoms with van der Waals surface area (Å²) in [6, 6.07) is 10.8. The van der Waals surface area contributed by atoms with E-state index in [2.05, 4.69) is 36.4 Å². The quantitative estimate of drug-likeness (QED) is 0.104. The highest BCUT2D eigenvalue weighted by Crippen LogP contribution is 2.39. The van der Waals surface area contributed by atoms with Crippen molar-refractivity contribution in [1.29, 1.82) is 0 Å². The maximum absolute atomic E-state index is 14.7. The molecule has 51 heavy (non-hydrogen) atoms. The fraction of sp³-hybridized carbons (Fsp3) is 0.444.